The van der Waals surface area contributed by atoms with Crippen LogP contribution in [0.25, 0.3) is 44.1 Å². The molecule has 4 aromatic carbocycles. The summed E-state index contributed by atoms with van der Waals surface area (Å²) in [5, 5.41) is 13.9. The number of terminal acetylenes is 1. The van der Waals surface area contributed by atoms with Crippen LogP contribution in [0.15, 0.2) is 139 Å². The van der Waals surface area contributed by atoms with Crippen LogP contribution in [0.3, 0.4) is 0 Å². The molecule has 0 saturated heterocycles. The van der Waals surface area contributed by atoms with Crippen molar-refractivity contribution in [1.82, 2.24) is 29.9 Å². The third-order valence-corrected chi connectivity index (χ3v) is 8.79. The van der Waals surface area contributed by atoms with Crippen molar-refractivity contribution in [3.63, 3.8) is 0 Å². The average Bonchev–Trinajstić information content (AvgIpc) is 3.21. The summed E-state index contributed by atoms with van der Waals surface area (Å²) in [7, 11) is 0. The number of hydrogen-bond donors (Lipinski definition) is 4. The van der Waals surface area contributed by atoms with E-state index in [0.29, 0.717) is 23.3 Å². The van der Waals surface area contributed by atoms with Crippen molar-refractivity contribution in [2.75, 3.05) is 21.3 Å². The summed E-state index contributed by atoms with van der Waals surface area (Å²) >= 11 is 3.45. The third-order valence-electron chi connectivity index (χ3n) is 8.30. The molecule has 0 aliphatic carbocycles. The van der Waals surface area contributed by atoms with Crippen LogP contribution in [0.5, 0.6) is 0 Å². The Kier molecular flexibility index (Phi) is 11.4. The van der Waals surface area contributed by atoms with Crippen LogP contribution >= 0.6 is 15.9 Å². The number of anilines is 6. The van der Waals surface area contributed by atoms with Crippen molar-refractivity contribution in [2.24, 2.45) is 0 Å². The van der Waals surface area contributed by atoms with Gasteiger partial charge in [0.1, 0.15) is 0 Å². The molecule has 278 valence electrons. The normalized spacial score (nSPS) is 10.5. The van der Waals surface area contributed by atoms with E-state index in [1.165, 1.54) is 13.8 Å². The first-order chi connectivity index (χ1) is 27.7. The van der Waals surface area contributed by atoms with E-state index in [1.807, 2.05) is 97.1 Å². The van der Waals surface area contributed by atoms with E-state index in [1.54, 1.807) is 37.2 Å². The Balaban J connectivity index is 0.000000174. The van der Waals surface area contributed by atoms with Gasteiger partial charge >= 0.3 is 0 Å². The molecule has 2 amide bonds. The van der Waals surface area contributed by atoms with Gasteiger partial charge in [0.25, 0.3) is 0 Å². The van der Waals surface area contributed by atoms with Crippen molar-refractivity contribution in [1.29, 1.82) is 0 Å². The number of aromatic nitrogens is 6. The largest absolute Gasteiger partial charge is 0.326 e. The van der Waals surface area contributed by atoms with Crippen LogP contribution in [-0.2, 0) is 9.59 Å². The van der Waals surface area contributed by atoms with Crippen molar-refractivity contribution in [3.8, 4) is 34.6 Å². The standard InChI is InChI=1S/C23H17N5O.C21H16BrN5O/c1-3-16-6-7-22-19(9-16)14-25-23(28-22)27-21-11-18(17-5-4-8-24-13-17)10-20(12-21)26-15(2)29;1-13(28)25-18-8-15(14-3-2-6-23-11-14)9-19(10-18)26-21-24-12-16-7-17(22)4-5-20(16)27-21/h1,4-14H,2H3,(H,26,29)(H,25,27,28);2-12H,1H3,(H,25,28)(H,24,26,27). The Hall–Kier alpha value is -7.56. The molecule has 13 heteroatoms. The maximum atomic E-state index is 11.5. The Morgan fingerprint density at radius 1 is 0.579 bits per heavy atom. The summed E-state index contributed by atoms with van der Waals surface area (Å²) in [6, 6.07) is 30.5. The predicted molar refractivity (Wildman–Crippen MR) is 229 cm³/mol. The van der Waals surface area contributed by atoms with Crippen molar-refractivity contribution >= 4 is 84.2 Å². The molecule has 0 atom stereocenters. The zero-order chi connectivity index (χ0) is 39.7. The highest BCUT2D eigenvalue weighted by Gasteiger charge is 2.10. The molecule has 0 aliphatic heterocycles. The number of fused-ring (bicyclic) bond motifs is 2. The topological polar surface area (TPSA) is 160 Å². The van der Waals surface area contributed by atoms with Gasteiger partial charge in [-0.2, -0.15) is 0 Å². The number of benzene rings is 4. The molecule has 4 heterocycles. The average molecular weight is 814 g/mol. The summed E-state index contributed by atoms with van der Waals surface area (Å²) in [5.41, 5.74) is 8.98. The first-order valence-electron chi connectivity index (χ1n) is 17.5. The SMILES string of the molecule is C#Cc1ccc2nc(Nc3cc(NC(C)=O)cc(-c4cccnc4)c3)ncc2c1.CC(=O)Nc1cc(Nc2ncc3cc(Br)ccc3n2)cc(-c2cccnc2)c1. The first-order valence-corrected chi connectivity index (χ1v) is 18.3. The van der Waals surface area contributed by atoms with Crippen LogP contribution < -0.4 is 21.3 Å². The minimum Gasteiger partial charge on any atom is -0.326 e. The molecule has 0 spiro atoms. The smallest absolute Gasteiger partial charge is 0.227 e. The lowest BCUT2D eigenvalue weighted by molar-refractivity contribution is -0.115. The number of amides is 2. The monoisotopic (exact) mass is 812 g/mol. The van der Waals surface area contributed by atoms with Gasteiger partial charge in [0, 0.05) is 106 Å². The molecule has 8 aromatic rings. The van der Waals surface area contributed by atoms with Gasteiger partial charge in [-0.1, -0.05) is 34.0 Å². The summed E-state index contributed by atoms with van der Waals surface area (Å²) in [6.45, 7) is 2.95. The van der Waals surface area contributed by atoms with E-state index in [9.17, 15) is 9.59 Å². The zero-order valence-electron chi connectivity index (χ0n) is 30.7. The van der Waals surface area contributed by atoms with Gasteiger partial charge < -0.3 is 21.3 Å². The Labute approximate surface area is 336 Å². The van der Waals surface area contributed by atoms with E-state index in [-0.39, 0.29) is 11.8 Å². The Morgan fingerprint density at radius 2 is 1.07 bits per heavy atom. The van der Waals surface area contributed by atoms with Crippen LogP contribution in [0.2, 0.25) is 0 Å². The zero-order valence-corrected chi connectivity index (χ0v) is 32.2. The fourth-order valence-electron chi connectivity index (χ4n) is 5.86. The maximum absolute atomic E-state index is 11.5. The second-order valence-electron chi connectivity index (χ2n) is 12.7. The predicted octanol–water partition coefficient (Wildman–Crippen LogP) is 9.53. The summed E-state index contributed by atoms with van der Waals surface area (Å²) in [6.07, 6.45) is 15.9. The molecular weight excluding hydrogens is 780 g/mol. The Morgan fingerprint density at radius 3 is 1.54 bits per heavy atom. The number of hydrogen-bond acceptors (Lipinski definition) is 10. The molecule has 4 aromatic heterocycles. The van der Waals surface area contributed by atoms with E-state index in [2.05, 4.69) is 73.0 Å². The molecule has 8 rings (SSSR count). The quantitative estimate of drug-likeness (QED) is 0.109. The van der Waals surface area contributed by atoms with Crippen LogP contribution in [0.1, 0.15) is 19.4 Å². The maximum Gasteiger partial charge on any atom is 0.227 e. The summed E-state index contributed by atoms with van der Waals surface area (Å²) in [5.74, 6) is 3.25. The minimum absolute atomic E-state index is 0.137. The fraction of sp³-hybridized carbons (Fsp3) is 0.0455. The van der Waals surface area contributed by atoms with Gasteiger partial charge in [-0.15, -0.1) is 6.42 Å². The number of nitrogens with zero attached hydrogens (tertiary/aromatic N) is 6. The molecule has 0 radical (unpaired) electrons. The lowest BCUT2D eigenvalue weighted by Gasteiger charge is -2.12. The number of carbonyl (C=O) groups excluding carboxylic acids is 2. The molecular formula is C44H33BrN10O2. The number of carbonyl (C=O) groups is 2. The van der Waals surface area contributed by atoms with E-state index in [0.717, 1.165) is 65.5 Å². The molecule has 0 bridgehead atoms. The first kappa shape index (κ1) is 37.7. The molecule has 0 aliphatic rings. The lowest BCUT2D eigenvalue weighted by Crippen LogP contribution is -2.06. The third kappa shape index (κ3) is 9.96. The summed E-state index contributed by atoms with van der Waals surface area (Å²) < 4.78 is 0.980. The number of halogens is 1. The molecule has 12 nitrogen and oxygen atoms in total. The molecule has 4 N–H and O–H groups in total. The van der Waals surface area contributed by atoms with Gasteiger partial charge in [0.2, 0.25) is 23.7 Å². The number of rotatable bonds is 8. The number of pyridine rings is 2. The summed E-state index contributed by atoms with van der Waals surface area (Å²) in [4.78, 5) is 49.3. The second kappa shape index (κ2) is 17.3. The minimum atomic E-state index is -0.148. The van der Waals surface area contributed by atoms with Gasteiger partial charge in [0.05, 0.1) is 11.0 Å². The van der Waals surface area contributed by atoms with Crippen LogP contribution in [-0.4, -0.2) is 41.7 Å². The fourth-order valence-corrected chi connectivity index (χ4v) is 6.24. The van der Waals surface area contributed by atoms with Crippen LogP contribution in [0.4, 0.5) is 34.6 Å². The molecule has 0 fully saturated rings. The van der Waals surface area contributed by atoms with Gasteiger partial charge in [-0.25, -0.2) is 19.9 Å². The highest BCUT2D eigenvalue weighted by Crippen LogP contribution is 2.30. The Bertz CT molecular complexity index is 2790. The molecule has 0 unspecified atom stereocenters. The van der Waals surface area contributed by atoms with Crippen LogP contribution in [0, 0.1) is 12.3 Å². The molecule has 57 heavy (non-hydrogen) atoms. The van der Waals surface area contributed by atoms with Gasteiger partial charge in [-0.05, 0) is 96.1 Å². The van der Waals surface area contributed by atoms with E-state index >= 15 is 0 Å². The lowest BCUT2D eigenvalue weighted by atomic mass is 10.1. The molecule has 0 saturated carbocycles. The second-order valence-corrected chi connectivity index (χ2v) is 13.6. The van der Waals surface area contributed by atoms with E-state index in [4.69, 9.17) is 6.42 Å². The van der Waals surface area contributed by atoms with Crippen molar-refractivity contribution < 1.29 is 9.59 Å². The van der Waals surface area contributed by atoms with Crippen molar-refractivity contribution in [2.45, 2.75) is 13.8 Å². The van der Waals surface area contributed by atoms with E-state index < -0.39 is 0 Å². The van der Waals surface area contributed by atoms with Crippen molar-refractivity contribution in [3.05, 3.63) is 144 Å². The van der Waals surface area contributed by atoms with Gasteiger partial charge in [-0.3, -0.25) is 19.6 Å². The van der Waals surface area contributed by atoms with Gasteiger partial charge in [0.15, 0.2) is 0 Å². The highest BCUT2D eigenvalue weighted by atomic mass is 79.9. The highest BCUT2D eigenvalue weighted by molar-refractivity contribution is 9.10. The number of nitrogens with one attached hydrogen (secondary N) is 4.